The second kappa shape index (κ2) is 7.87. The Morgan fingerprint density at radius 2 is 1.89 bits per heavy atom. The quantitative estimate of drug-likeness (QED) is 0.729. The molecule has 2 aromatic rings. The van der Waals surface area contributed by atoms with Crippen LogP contribution in [0.15, 0.2) is 47.4 Å². The first kappa shape index (κ1) is 20.6. The van der Waals surface area contributed by atoms with Crippen LogP contribution in [0.25, 0.3) is 0 Å². The van der Waals surface area contributed by atoms with E-state index >= 15 is 0 Å². The molecule has 0 radical (unpaired) electrons. The summed E-state index contributed by atoms with van der Waals surface area (Å²) in [5.74, 6) is -1.40. The van der Waals surface area contributed by atoms with Crippen molar-refractivity contribution in [3.63, 3.8) is 0 Å². The minimum atomic E-state index is -4.67. The maximum Gasteiger partial charge on any atom is 0.416 e. The smallest absolute Gasteiger partial charge is 0.416 e. The first-order valence-electron chi connectivity index (χ1n) is 7.75. The third-order valence-corrected chi connectivity index (χ3v) is 4.77. The van der Waals surface area contributed by atoms with E-state index in [0.29, 0.717) is 12.5 Å². The summed E-state index contributed by atoms with van der Waals surface area (Å²) in [6.45, 7) is 1.96. The van der Waals surface area contributed by atoms with Gasteiger partial charge in [0, 0.05) is 0 Å². The van der Waals surface area contributed by atoms with Gasteiger partial charge in [-0.15, -0.1) is 0 Å². The number of hydrogen-bond donors (Lipinski definition) is 2. The largest absolute Gasteiger partial charge is 0.491 e. The molecule has 0 heterocycles. The number of carbonyl (C=O) groups is 1. The molecule has 2 N–H and O–H groups in total. The minimum absolute atomic E-state index is 0.0668. The summed E-state index contributed by atoms with van der Waals surface area (Å²) in [5.41, 5.74) is -1.72. The van der Waals surface area contributed by atoms with Crippen molar-refractivity contribution in [3.8, 4) is 5.75 Å². The summed E-state index contributed by atoms with van der Waals surface area (Å²) in [5, 5.41) is 8.97. The van der Waals surface area contributed by atoms with E-state index in [1.807, 2.05) is 4.72 Å². The summed E-state index contributed by atoms with van der Waals surface area (Å²) in [6.07, 6.45) is -4.11. The number of aromatic carboxylic acids is 1. The molecular weight excluding hydrogens is 387 g/mol. The predicted molar refractivity (Wildman–Crippen MR) is 91.4 cm³/mol. The number of anilines is 1. The molecule has 0 unspecified atom stereocenters. The van der Waals surface area contributed by atoms with Gasteiger partial charge in [0.1, 0.15) is 5.75 Å². The first-order chi connectivity index (χ1) is 12.5. The third kappa shape index (κ3) is 5.13. The molecule has 0 atom stereocenters. The van der Waals surface area contributed by atoms with E-state index in [1.54, 1.807) is 6.92 Å². The van der Waals surface area contributed by atoms with Crippen LogP contribution in [0.1, 0.15) is 29.3 Å². The van der Waals surface area contributed by atoms with E-state index in [4.69, 9.17) is 9.84 Å². The second-order valence-corrected chi connectivity index (χ2v) is 7.18. The number of nitrogens with one attached hydrogen (secondary N) is 1. The Hall–Kier alpha value is -2.75. The number of halogens is 3. The monoisotopic (exact) mass is 403 g/mol. The second-order valence-electron chi connectivity index (χ2n) is 5.50. The van der Waals surface area contributed by atoms with Crippen molar-refractivity contribution in [2.24, 2.45) is 0 Å². The highest BCUT2D eigenvalue weighted by Gasteiger charge is 2.32. The van der Waals surface area contributed by atoms with Crippen LogP contribution in [-0.2, 0) is 16.2 Å². The van der Waals surface area contributed by atoms with E-state index in [-0.39, 0.29) is 23.6 Å². The molecule has 27 heavy (non-hydrogen) atoms. The maximum absolute atomic E-state index is 13.0. The lowest BCUT2D eigenvalue weighted by molar-refractivity contribution is -0.137. The van der Waals surface area contributed by atoms with E-state index in [0.717, 1.165) is 24.3 Å². The zero-order chi connectivity index (χ0) is 20.2. The Kier molecular flexibility index (Phi) is 5.99. The summed E-state index contributed by atoms with van der Waals surface area (Å²) in [6, 6.07) is 6.90. The number of alkyl halides is 3. The zero-order valence-electron chi connectivity index (χ0n) is 14.1. The van der Waals surface area contributed by atoms with Gasteiger partial charge >= 0.3 is 12.1 Å². The Morgan fingerprint density at radius 3 is 2.48 bits per heavy atom. The number of carboxylic acids is 1. The summed E-state index contributed by atoms with van der Waals surface area (Å²) >= 11 is 0. The Balaban J connectivity index is 2.46. The van der Waals surface area contributed by atoms with E-state index in [1.165, 1.54) is 12.1 Å². The molecule has 0 amide bonds. The standard InChI is InChI=1S/C17H16F3NO5S/c1-2-8-26-15-7-6-12(17(18,19)20)10-14(15)21-27(24,25)13-5-3-4-11(9-13)16(22)23/h3-7,9-10,21H,2,8H2,1H3,(H,22,23). The summed E-state index contributed by atoms with van der Waals surface area (Å²) < 4.78 is 71.3. The van der Waals surface area contributed by atoms with Crippen LogP contribution in [0, 0.1) is 0 Å². The van der Waals surface area contributed by atoms with Gasteiger partial charge in [-0.3, -0.25) is 4.72 Å². The molecule has 0 aliphatic carbocycles. The highest BCUT2D eigenvalue weighted by molar-refractivity contribution is 7.92. The normalized spacial score (nSPS) is 11.9. The van der Waals surface area contributed by atoms with E-state index in [9.17, 15) is 26.4 Å². The molecule has 0 aromatic heterocycles. The molecule has 0 bridgehead atoms. The maximum atomic E-state index is 13.0. The van der Waals surface area contributed by atoms with Crippen LogP contribution in [0.3, 0.4) is 0 Å². The Bertz CT molecular complexity index is 942. The van der Waals surface area contributed by atoms with Gasteiger partial charge in [-0.2, -0.15) is 13.2 Å². The number of benzene rings is 2. The molecule has 0 fully saturated rings. The molecule has 0 aliphatic heterocycles. The van der Waals surface area contributed by atoms with Crippen molar-refractivity contribution >= 4 is 21.7 Å². The summed E-state index contributed by atoms with van der Waals surface area (Å²) in [4.78, 5) is 10.6. The lowest BCUT2D eigenvalue weighted by Gasteiger charge is -2.16. The molecule has 0 aliphatic rings. The molecule has 2 rings (SSSR count). The molecule has 146 valence electrons. The van der Waals surface area contributed by atoms with Gasteiger partial charge in [-0.05, 0) is 42.8 Å². The van der Waals surface area contributed by atoms with Crippen LogP contribution in [-0.4, -0.2) is 26.1 Å². The van der Waals surface area contributed by atoms with Crippen LogP contribution in [0.2, 0.25) is 0 Å². The fourth-order valence-corrected chi connectivity index (χ4v) is 3.23. The van der Waals surface area contributed by atoms with Crippen LogP contribution < -0.4 is 9.46 Å². The lowest BCUT2D eigenvalue weighted by atomic mass is 10.2. The van der Waals surface area contributed by atoms with Crippen LogP contribution in [0.5, 0.6) is 5.75 Å². The van der Waals surface area contributed by atoms with Crippen molar-refractivity contribution in [2.75, 3.05) is 11.3 Å². The van der Waals surface area contributed by atoms with Gasteiger partial charge in [0.05, 0.1) is 28.3 Å². The first-order valence-corrected chi connectivity index (χ1v) is 9.23. The molecule has 0 spiro atoms. The van der Waals surface area contributed by atoms with Crippen LogP contribution in [0.4, 0.5) is 18.9 Å². The average Bonchev–Trinajstić information content (AvgIpc) is 2.59. The molecule has 2 aromatic carbocycles. The average molecular weight is 403 g/mol. The third-order valence-electron chi connectivity index (χ3n) is 3.40. The van der Waals surface area contributed by atoms with Crippen molar-refractivity contribution in [2.45, 2.75) is 24.4 Å². The molecule has 10 heteroatoms. The SMILES string of the molecule is CCCOc1ccc(C(F)(F)F)cc1NS(=O)(=O)c1cccc(C(=O)O)c1. The highest BCUT2D eigenvalue weighted by atomic mass is 32.2. The van der Waals surface area contributed by atoms with E-state index in [2.05, 4.69) is 0 Å². The van der Waals surface area contributed by atoms with Gasteiger partial charge in [0.25, 0.3) is 10.0 Å². The van der Waals surface area contributed by atoms with Gasteiger partial charge in [-0.1, -0.05) is 13.0 Å². The number of carboxylic acid groups (broad SMARTS) is 1. The number of ether oxygens (including phenoxy) is 1. The van der Waals surface area contributed by atoms with Gasteiger partial charge in [-0.25, -0.2) is 13.2 Å². The van der Waals surface area contributed by atoms with Crippen molar-refractivity contribution in [1.29, 1.82) is 0 Å². The predicted octanol–water partition coefficient (Wildman–Crippen LogP) is 3.99. The lowest BCUT2D eigenvalue weighted by Crippen LogP contribution is -2.16. The Labute approximate surface area is 153 Å². The van der Waals surface area contributed by atoms with E-state index < -0.39 is 32.6 Å². The van der Waals surface area contributed by atoms with Gasteiger partial charge < -0.3 is 9.84 Å². The Morgan fingerprint density at radius 1 is 1.19 bits per heavy atom. The minimum Gasteiger partial charge on any atom is -0.491 e. The highest BCUT2D eigenvalue weighted by Crippen LogP contribution is 2.36. The van der Waals surface area contributed by atoms with Gasteiger partial charge in [0.15, 0.2) is 0 Å². The van der Waals surface area contributed by atoms with Crippen molar-refractivity contribution in [3.05, 3.63) is 53.6 Å². The summed E-state index contributed by atoms with van der Waals surface area (Å²) in [7, 11) is -4.34. The van der Waals surface area contributed by atoms with Crippen molar-refractivity contribution < 1.29 is 36.2 Å². The van der Waals surface area contributed by atoms with Gasteiger partial charge in [0.2, 0.25) is 0 Å². The fraction of sp³-hybridized carbons (Fsp3) is 0.235. The van der Waals surface area contributed by atoms with Crippen molar-refractivity contribution in [1.82, 2.24) is 0 Å². The number of sulfonamides is 1. The van der Waals surface area contributed by atoms with Crippen LogP contribution >= 0.6 is 0 Å². The fourth-order valence-electron chi connectivity index (χ4n) is 2.12. The zero-order valence-corrected chi connectivity index (χ0v) is 14.9. The topological polar surface area (TPSA) is 92.7 Å². The molecule has 0 saturated carbocycles. The number of rotatable bonds is 7. The molecule has 0 saturated heterocycles. The molecule has 6 nitrogen and oxygen atoms in total. The molecular formula is C17H16F3NO5S. The number of hydrogen-bond acceptors (Lipinski definition) is 4.